The summed E-state index contributed by atoms with van der Waals surface area (Å²) in [7, 11) is 4.18. The van der Waals surface area contributed by atoms with Gasteiger partial charge in [0.15, 0.2) is 0 Å². The Kier molecular flexibility index (Phi) is 4.61. The predicted octanol–water partition coefficient (Wildman–Crippen LogP) is 2.34. The Morgan fingerprint density at radius 1 is 1.08 bits per heavy atom. The van der Waals surface area contributed by atoms with Gasteiger partial charge in [0.25, 0.3) is 0 Å². The third-order valence-corrected chi connectivity index (χ3v) is 5.20. The van der Waals surface area contributed by atoms with Crippen molar-refractivity contribution in [2.45, 2.75) is 32.2 Å². The summed E-state index contributed by atoms with van der Waals surface area (Å²) in [4.78, 5) is 16.9. The van der Waals surface area contributed by atoms with Crippen LogP contribution in [0.2, 0.25) is 0 Å². The van der Waals surface area contributed by atoms with Gasteiger partial charge in [-0.25, -0.2) is 4.98 Å². The highest BCUT2D eigenvalue weighted by atomic mass is 16.3. The van der Waals surface area contributed by atoms with Crippen molar-refractivity contribution < 1.29 is 4.42 Å². The fraction of sp³-hybridized carbons (Fsp3) is 0.579. The highest BCUT2D eigenvalue weighted by Crippen LogP contribution is 2.27. The van der Waals surface area contributed by atoms with Crippen molar-refractivity contribution in [2.24, 2.45) is 0 Å². The Labute approximate surface area is 149 Å². The first-order chi connectivity index (χ1) is 12.2. The van der Waals surface area contributed by atoms with Gasteiger partial charge in [-0.1, -0.05) is 0 Å². The molecule has 0 spiro atoms. The Morgan fingerprint density at radius 2 is 1.88 bits per heavy atom. The van der Waals surface area contributed by atoms with E-state index in [1.807, 2.05) is 6.26 Å². The molecular formula is C19H27N5O. The van der Waals surface area contributed by atoms with Gasteiger partial charge in [-0.2, -0.15) is 4.98 Å². The van der Waals surface area contributed by atoms with Crippen LogP contribution in [0.25, 0.3) is 0 Å². The normalized spacial score (nSPS) is 18.2. The zero-order chi connectivity index (χ0) is 17.2. The van der Waals surface area contributed by atoms with Gasteiger partial charge in [0, 0.05) is 64.4 Å². The molecule has 0 bridgehead atoms. The van der Waals surface area contributed by atoms with E-state index >= 15 is 0 Å². The van der Waals surface area contributed by atoms with E-state index in [-0.39, 0.29) is 0 Å². The molecule has 2 aromatic rings. The number of aromatic nitrogens is 2. The SMILES string of the molecule is CN(C)c1nc(N2CCCC2)nc2c1CCN(Cc1ccoc1)CC2. The number of furan rings is 1. The minimum Gasteiger partial charge on any atom is -0.472 e. The van der Waals surface area contributed by atoms with Crippen LogP contribution in [0.3, 0.4) is 0 Å². The minimum absolute atomic E-state index is 0.920. The molecule has 2 aromatic heterocycles. The van der Waals surface area contributed by atoms with E-state index in [0.717, 1.165) is 57.3 Å². The second-order valence-corrected chi connectivity index (χ2v) is 7.27. The Bertz CT molecular complexity index is 707. The first-order valence-electron chi connectivity index (χ1n) is 9.26. The largest absolute Gasteiger partial charge is 0.472 e. The quantitative estimate of drug-likeness (QED) is 0.851. The van der Waals surface area contributed by atoms with Gasteiger partial charge in [-0.05, 0) is 25.3 Å². The summed E-state index contributed by atoms with van der Waals surface area (Å²) in [5, 5.41) is 0. The number of rotatable bonds is 4. The van der Waals surface area contributed by atoms with Crippen LogP contribution in [0.15, 0.2) is 23.0 Å². The van der Waals surface area contributed by atoms with Gasteiger partial charge >= 0.3 is 0 Å². The molecule has 1 saturated heterocycles. The average molecular weight is 341 g/mol. The third-order valence-electron chi connectivity index (χ3n) is 5.20. The topological polar surface area (TPSA) is 48.6 Å². The van der Waals surface area contributed by atoms with Crippen LogP contribution in [-0.4, -0.2) is 55.1 Å². The van der Waals surface area contributed by atoms with E-state index < -0.39 is 0 Å². The average Bonchev–Trinajstić information content (AvgIpc) is 3.27. The van der Waals surface area contributed by atoms with E-state index in [2.05, 4.69) is 34.9 Å². The maximum absolute atomic E-state index is 5.21. The predicted molar refractivity (Wildman–Crippen MR) is 99.2 cm³/mol. The van der Waals surface area contributed by atoms with Crippen LogP contribution in [0.1, 0.15) is 29.7 Å². The fourth-order valence-corrected chi connectivity index (χ4v) is 3.84. The zero-order valence-corrected chi connectivity index (χ0v) is 15.2. The van der Waals surface area contributed by atoms with Gasteiger partial charge < -0.3 is 14.2 Å². The van der Waals surface area contributed by atoms with Crippen molar-refractivity contribution in [3.05, 3.63) is 35.4 Å². The second-order valence-electron chi connectivity index (χ2n) is 7.27. The number of fused-ring (bicyclic) bond motifs is 1. The van der Waals surface area contributed by atoms with E-state index in [9.17, 15) is 0 Å². The summed E-state index contributed by atoms with van der Waals surface area (Å²) < 4.78 is 5.21. The van der Waals surface area contributed by atoms with Crippen molar-refractivity contribution in [3.63, 3.8) is 0 Å². The molecule has 2 aliphatic heterocycles. The van der Waals surface area contributed by atoms with Crippen molar-refractivity contribution in [3.8, 4) is 0 Å². The summed E-state index contributed by atoms with van der Waals surface area (Å²) >= 11 is 0. The van der Waals surface area contributed by atoms with E-state index in [1.54, 1.807) is 6.26 Å². The second kappa shape index (κ2) is 7.04. The first kappa shape index (κ1) is 16.4. The zero-order valence-electron chi connectivity index (χ0n) is 15.2. The molecule has 0 atom stereocenters. The van der Waals surface area contributed by atoms with Gasteiger partial charge in [0.1, 0.15) is 5.82 Å². The molecule has 0 aromatic carbocycles. The van der Waals surface area contributed by atoms with Crippen LogP contribution in [0, 0.1) is 0 Å². The molecule has 0 aliphatic carbocycles. The lowest BCUT2D eigenvalue weighted by atomic mass is 10.1. The van der Waals surface area contributed by atoms with E-state index in [0.29, 0.717) is 0 Å². The molecule has 134 valence electrons. The maximum Gasteiger partial charge on any atom is 0.227 e. The maximum atomic E-state index is 5.21. The van der Waals surface area contributed by atoms with Crippen molar-refractivity contribution in [1.82, 2.24) is 14.9 Å². The summed E-state index contributed by atoms with van der Waals surface area (Å²) in [5.41, 5.74) is 3.79. The number of hydrogen-bond donors (Lipinski definition) is 0. The van der Waals surface area contributed by atoms with Crippen molar-refractivity contribution in [1.29, 1.82) is 0 Å². The standard InChI is InChI=1S/C19H27N5O/c1-22(2)18-16-5-10-23(13-15-7-12-25-14-15)11-6-17(16)20-19(21-18)24-8-3-4-9-24/h7,12,14H,3-6,8-11,13H2,1-2H3. The highest BCUT2D eigenvalue weighted by Gasteiger charge is 2.24. The lowest BCUT2D eigenvalue weighted by molar-refractivity contribution is 0.278. The number of hydrogen-bond acceptors (Lipinski definition) is 6. The third kappa shape index (κ3) is 3.49. The molecule has 1 fully saturated rings. The van der Waals surface area contributed by atoms with Gasteiger partial charge in [-0.15, -0.1) is 0 Å². The Morgan fingerprint density at radius 3 is 2.60 bits per heavy atom. The molecule has 2 aliphatic rings. The molecular weight excluding hydrogens is 314 g/mol. The van der Waals surface area contributed by atoms with E-state index in [4.69, 9.17) is 14.4 Å². The summed E-state index contributed by atoms with van der Waals surface area (Å²) in [5.74, 6) is 2.01. The molecule has 4 rings (SSSR count). The lowest BCUT2D eigenvalue weighted by Gasteiger charge is -2.22. The molecule has 6 heteroatoms. The summed E-state index contributed by atoms with van der Waals surface area (Å²) in [6.45, 7) is 5.16. The summed E-state index contributed by atoms with van der Waals surface area (Å²) in [6, 6.07) is 2.05. The molecule has 4 heterocycles. The van der Waals surface area contributed by atoms with E-state index in [1.165, 1.54) is 29.7 Å². The smallest absolute Gasteiger partial charge is 0.227 e. The fourth-order valence-electron chi connectivity index (χ4n) is 3.84. The molecule has 0 N–H and O–H groups in total. The molecule has 0 saturated carbocycles. The summed E-state index contributed by atoms with van der Waals surface area (Å²) in [6.07, 6.45) is 8.07. The van der Waals surface area contributed by atoms with Crippen LogP contribution in [-0.2, 0) is 19.4 Å². The van der Waals surface area contributed by atoms with Crippen LogP contribution < -0.4 is 9.80 Å². The van der Waals surface area contributed by atoms with Crippen LogP contribution >= 0.6 is 0 Å². The number of nitrogens with zero attached hydrogens (tertiary/aromatic N) is 5. The highest BCUT2D eigenvalue weighted by molar-refractivity contribution is 5.53. The van der Waals surface area contributed by atoms with Crippen LogP contribution in [0.5, 0.6) is 0 Å². The van der Waals surface area contributed by atoms with Crippen LogP contribution in [0.4, 0.5) is 11.8 Å². The molecule has 6 nitrogen and oxygen atoms in total. The first-order valence-corrected chi connectivity index (χ1v) is 9.26. The molecule has 0 unspecified atom stereocenters. The monoisotopic (exact) mass is 341 g/mol. The molecule has 25 heavy (non-hydrogen) atoms. The van der Waals surface area contributed by atoms with Gasteiger partial charge in [0.05, 0.1) is 18.2 Å². The minimum atomic E-state index is 0.920. The lowest BCUT2D eigenvalue weighted by Crippen LogP contribution is -2.25. The Balaban J connectivity index is 1.58. The van der Waals surface area contributed by atoms with Crippen molar-refractivity contribution in [2.75, 3.05) is 50.1 Å². The molecule has 0 radical (unpaired) electrons. The molecule has 0 amide bonds. The van der Waals surface area contributed by atoms with Gasteiger partial charge in [0.2, 0.25) is 5.95 Å². The van der Waals surface area contributed by atoms with Gasteiger partial charge in [-0.3, -0.25) is 4.90 Å². The Hall–Kier alpha value is -2.08. The number of anilines is 2. The van der Waals surface area contributed by atoms with Crippen molar-refractivity contribution >= 4 is 11.8 Å².